The van der Waals surface area contributed by atoms with E-state index in [0.29, 0.717) is 6.61 Å². The Kier molecular flexibility index (Phi) is 2.31. The Balaban J connectivity index is 3.04. The van der Waals surface area contributed by atoms with Crippen LogP contribution in [0.1, 0.15) is 20.8 Å². The quantitative estimate of drug-likeness (QED) is 0.496. The van der Waals surface area contributed by atoms with Gasteiger partial charge in [0.1, 0.15) is 0 Å². The average Bonchev–Trinajstić information content (AvgIpc) is 2.26. The van der Waals surface area contributed by atoms with Crippen molar-refractivity contribution in [2.45, 2.75) is 26.3 Å². The van der Waals surface area contributed by atoms with Gasteiger partial charge in [-0.3, -0.25) is 10.1 Å². The van der Waals surface area contributed by atoms with Crippen LogP contribution in [-0.2, 0) is 4.74 Å². The van der Waals surface area contributed by atoms with Crippen LogP contribution in [0.4, 0.5) is 0 Å². The van der Waals surface area contributed by atoms with Crippen molar-refractivity contribution >= 4 is 0 Å². The van der Waals surface area contributed by atoms with Crippen LogP contribution in [0, 0.1) is 10.1 Å². The summed E-state index contributed by atoms with van der Waals surface area (Å²) in [5.41, 5.74) is -0.956. The molecule has 0 radical (unpaired) electrons. The summed E-state index contributed by atoms with van der Waals surface area (Å²) in [6.45, 7) is 5.34. The Morgan fingerprint density at radius 1 is 1.62 bits per heavy atom. The van der Waals surface area contributed by atoms with E-state index in [0.717, 1.165) is 0 Å². The molecule has 0 aliphatic carbocycles. The number of ether oxygens (including phenoxy) is 1. The SMILES string of the molecule is CCOC1=C([N+](=O)[O-])C(C)(C)N=N1. The molecule has 0 spiro atoms. The van der Waals surface area contributed by atoms with Crippen molar-refractivity contribution < 1.29 is 9.66 Å². The van der Waals surface area contributed by atoms with Crippen molar-refractivity contribution in [3.63, 3.8) is 0 Å². The van der Waals surface area contributed by atoms with E-state index in [1.807, 2.05) is 0 Å². The fraction of sp³-hybridized carbons (Fsp3) is 0.714. The summed E-state index contributed by atoms with van der Waals surface area (Å²) in [4.78, 5) is 10.2. The van der Waals surface area contributed by atoms with Gasteiger partial charge in [-0.1, -0.05) is 0 Å². The summed E-state index contributed by atoms with van der Waals surface area (Å²) in [5.74, 6) is 0.0255. The third-order valence-electron chi connectivity index (χ3n) is 1.64. The fourth-order valence-corrected chi connectivity index (χ4v) is 1.06. The number of hydrogen-bond acceptors (Lipinski definition) is 5. The van der Waals surface area contributed by atoms with Gasteiger partial charge in [0, 0.05) is 0 Å². The lowest BCUT2D eigenvalue weighted by atomic mass is 10.0. The molecule has 0 aromatic heterocycles. The average molecular weight is 185 g/mol. The number of azo groups is 1. The van der Waals surface area contributed by atoms with Gasteiger partial charge >= 0.3 is 11.6 Å². The summed E-state index contributed by atoms with van der Waals surface area (Å²) in [7, 11) is 0. The van der Waals surface area contributed by atoms with Crippen molar-refractivity contribution in [1.29, 1.82) is 0 Å². The van der Waals surface area contributed by atoms with E-state index in [1.165, 1.54) is 0 Å². The minimum Gasteiger partial charge on any atom is -0.472 e. The summed E-state index contributed by atoms with van der Waals surface area (Å²) >= 11 is 0. The van der Waals surface area contributed by atoms with Gasteiger partial charge in [-0.15, -0.1) is 5.11 Å². The van der Waals surface area contributed by atoms with Crippen LogP contribution in [0.25, 0.3) is 0 Å². The number of nitrogens with zero attached hydrogens (tertiary/aromatic N) is 3. The van der Waals surface area contributed by atoms with Gasteiger partial charge in [0.15, 0.2) is 5.54 Å². The van der Waals surface area contributed by atoms with Gasteiger partial charge in [0.2, 0.25) is 0 Å². The number of rotatable bonds is 3. The zero-order valence-corrected chi connectivity index (χ0v) is 7.77. The van der Waals surface area contributed by atoms with E-state index in [9.17, 15) is 10.1 Å². The van der Waals surface area contributed by atoms with Crippen LogP contribution in [0.15, 0.2) is 21.8 Å². The van der Waals surface area contributed by atoms with Crippen LogP contribution < -0.4 is 0 Å². The first kappa shape index (κ1) is 9.63. The molecule has 72 valence electrons. The molecule has 0 aromatic rings. The molecule has 0 aromatic carbocycles. The van der Waals surface area contributed by atoms with Crippen LogP contribution in [0.2, 0.25) is 0 Å². The van der Waals surface area contributed by atoms with E-state index >= 15 is 0 Å². The molecule has 1 aliphatic rings. The molecular formula is C7H11N3O3. The summed E-state index contributed by atoms with van der Waals surface area (Å²) in [5, 5.41) is 18.0. The van der Waals surface area contributed by atoms with Crippen molar-refractivity contribution in [2.75, 3.05) is 6.61 Å². The maximum absolute atomic E-state index is 10.7. The van der Waals surface area contributed by atoms with Crippen molar-refractivity contribution in [2.24, 2.45) is 10.2 Å². The van der Waals surface area contributed by atoms with Crippen molar-refractivity contribution in [3.8, 4) is 0 Å². The lowest BCUT2D eigenvalue weighted by Crippen LogP contribution is -2.23. The molecule has 0 saturated heterocycles. The molecular weight excluding hydrogens is 174 g/mol. The molecule has 0 amide bonds. The Bertz CT molecular complexity index is 293. The smallest absolute Gasteiger partial charge is 0.337 e. The first-order valence-electron chi connectivity index (χ1n) is 3.94. The van der Waals surface area contributed by atoms with Crippen molar-refractivity contribution in [3.05, 3.63) is 21.7 Å². The van der Waals surface area contributed by atoms with Gasteiger partial charge in [-0.05, 0) is 20.8 Å². The third-order valence-corrected chi connectivity index (χ3v) is 1.64. The molecule has 0 saturated carbocycles. The Labute approximate surface area is 75.4 Å². The Morgan fingerprint density at radius 3 is 2.69 bits per heavy atom. The molecule has 0 fully saturated rings. The fourth-order valence-electron chi connectivity index (χ4n) is 1.06. The zero-order valence-electron chi connectivity index (χ0n) is 7.77. The molecule has 6 nitrogen and oxygen atoms in total. The first-order valence-corrected chi connectivity index (χ1v) is 3.94. The van der Waals surface area contributed by atoms with Gasteiger partial charge in [-0.25, -0.2) is 0 Å². The highest BCUT2D eigenvalue weighted by atomic mass is 16.6. The second-order valence-corrected chi connectivity index (χ2v) is 3.10. The van der Waals surface area contributed by atoms with Crippen LogP contribution in [0.3, 0.4) is 0 Å². The topological polar surface area (TPSA) is 77.1 Å². The molecule has 1 rings (SSSR count). The molecule has 1 heterocycles. The Morgan fingerprint density at radius 2 is 2.23 bits per heavy atom. The lowest BCUT2D eigenvalue weighted by molar-refractivity contribution is -0.435. The van der Waals surface area contributed by atoms with Gasteiger partial charge in [0.25, 0.3) is 0 Å². The van der Waals surface area contributed by atoms with Crippen molar-refractivity contribution in [1.82, 2.24) is 0 Å². The van der Waals surface area contributed by atoms with E-state index in [2.05, 4.69) is 10.2 Å². The van der Waals surface area contributed by atoms with Gasteiger partial charge in [0.05, 0.1) is 11.5 Å². The minimum atomic E-state index is -0.881. The highest BCUT2D eigenvalue weighted by Gasteiger charge is 2.43. The molecule has 1 aliphatic heterocycles. The summed E-state index contributed by atoms with van der Waals surface area (Å²) in [6, 6.07) is 0. The summed E-state index contributed by atoms with van der Waals surface area (Å²) in [6.07, 6.45) is 0. The zero-order chi connectivity index (χ0) is 10.1. The standard InChI is InChI=1S/C7H11N3O3/c1-4-13-6-5(10(11)12)7(2,3)9-8-6/h4H2,1-3H3. The molecule has 0 unspecified atom stereocenters. The predicted molar refractivity (Wildman–Crippen MR) is 44.6 cm³/mol. The molecule has 13 heavy (non-hydrogen) atoms. The maximum atomic E-state index is 10.7. The maximum Gasteiger partial charge on any atom is 0.337 e. The highest BCUT2D eigenvalue weighted by molar-refractivity contribution is 5.17. The minimum absolute atomic E-state index is 0.0255. The predicted octanol–water partition coefficient (Wildman–Crippen LogP) is 1.71. The largest absolute Gasteiger partial charge is 0.472 e. The van der Waals surface area contributed by atoms with Crippen LogP contribution in [-0.4, -0.2) is 17.1 Å². The molecule has 6 heteroatoms. The highest BCUT2D eigenvalue weighted by Crippen LogP contribution is 2.32. The Hall–Kier alpha value is -1.46. The third kappa shape index (κ3) is 1.66. The molecule has 0 atom stereocenters. The second-order valence-electron chi connectivity index (χ2n) is 3.10. The monoisotopic (exact) mass is 185 g/mol. The lowest BCUT2D eigenvalue weighted by Gasteiger charge is -2.08. The number of nitro groups is 1. The second kappa shape index (κ2) is 3.12. The normalized spacial score (nSPS) is 19.3. The number of hydrogen-bond donors (Lipinski definition) is 0. The van der Waals surface area contributed by atoms with E-state index in [4.69, 9.17) is 4.74 Å². The van der Waals surface area contributed by atoms with E-state index in [-0.39, 0.29) is 11.6 Å². The molecule has 0 N–H and O–H groups in total. The molecule has 0 bridgehead atoms. The van der Waals surface area contributed by atoms with E-state index in [1.54, 1.807) is 20.8 Å². The van der Waals surface area contributed by atoms with Gasteiger partial charge < -0.3 is 4.74 Å². The van der Waals surface area contributed by atoms with Crippen LogP contribution in [0.5, 0.6) is 0 Å². The van der Waals surface area contributed by atoms with Crippen LogP contribution >= 0.6 is 0 Å². The van der Waals surface area contributed by atoms with E-state index < -0.39 is 10.5 Å². The van der Waals surface area contributed by atoms with Gasteiger partial charge in [-0.2, -0.15) is 5.11 Å². The first-order chi connectivity index (χ1) is 5.99. The summed E-state index contributed by atoms with van der Waals surface area (Å²) < 4.78 is 4.99.